The minimum atomic E-state index is -4.47. The second-order valence-electron chi connectivity index (χ2n) is 8.79. The topological polar surface area (TPSA) is 46.0 Å². The lowest BCUT2D eigenvalue weighted by molar-refractivity contribution is -0.137. The van der Waals surface area contributed by atoms with Crippen LogP contribution in [0.3, 0.4) is 0 Å². The van der Waals surface area contributed by atoms with E-state index in [2.05, 4.69) is 20.2 Å². The van der Waals surface area contributed by atoms with Crippen molar-refractivity contribution in [3.8, 4) is 5.69 Å². The summed E-state index contributed by atoms with van der Waals surface area (Å²) in [4.78, 5) is 10.8. The predicted octanol–water partition coefficient (Wildman–Crippen LogP) is 6.08. The number of aryl methyl sites for hydroxylation is 1. The van der Waals surface area contributed by atoms with Crippen LogP contribution in [0, 0.1) is 13.8 Å². The third kappa shape index (κ3) is 4.35. The number of nitrogens with zero attached hydrogens (tertiary/aromatic N) is 4. The Balaban J connectivity index is 1.65. The Morgan fingerprint density at radius 1 is 1.00 bits per heavy atom. The fraction of sp³-hybridized carbons (Fsp3) is 0.222. The summed E-state index contributed by atoms with van der Waals surface area (Å²) in [5, 5.41) is 3.96. The van der Waals surface area contributed by atoms with E-state index in [9.17, 15) is 13.2 Å². The Bertz CT molecular complexity index is 1390. The monoisotopic (exact) mass is 507 g/mol. The summed E-state index contributed by atoms with van der Waals surface area (Å²) in [6.45, 7) is 4.18. The highest BCUT2D eigenvalue weighted by atomic mass is 32.1. The number of hydrogen-bond acceptors (Lipinski definition) is 3. The maximum Gasteiger partial charge on any atom is 0.418 e. The van der Waals surface area contributed by atoms with Crippen LogP contribution in [-0.4, -0.2) is 24.5 Å². The van der Waals surface area contributed by atoms with Crippen LogP contribution in [0.2, 0.25) is 0 Å². The van der Waals surface area contributed by atoms with Gasteiger partial charge < -0.3 is 14.8 Å². The van der Waals surface area contributed by atoms with Crippen molar-refractivity contribution in [1.29, 1.82) is 0 Å². The van der Waals surface area contributed by atoms with E-state index in [0.29, 0.717) is 17.4 Å². The van der Waals surface area contributed by atoms with Crippen LogP contribution in [0.15, 0.2) is 79.3 Å². The second-order valence-corrected chi connectivity index (χ2v) is 9.18. The highest BCUT2D eigenvalue weighted by Gasteiger charge is 2.42. The zero-order valence-corrected chi connectivity index (χ0v) is 20.5. The van der Waals surface area contributed by atoms with Gasteiger partial charge in [-0.15, -0.1) is 0 Å². The number of nitrogens with one attached hydrogen (secondary N) is 1. The van der Waals surface area contributed by atoms with Gasteiger partial charge in [-0.25, -0.2) is 0 Å². The van der Waals surface area contributed by atoms with Crippen molar-refractivity contribution in [3.05, 3.63) is 113 Å². The summed E-state index contributed by atoms with van der Waals surface area (Å²) in [5.41, 5.74) is 3.52. The van der Waals surface area contributed by atoms with Gasteiger partial charge in [-0.3, -0.25) is 9.97 Å². The summed E-state index contributed by atoms with van der Waals surface area (Å²) in [6.07, 6.45) is 0.754. The molecule has 1 aromatic carbocycles. The smallest absolute Gasteiger partial charge is 0.352 e. The fourth-order valence-electron chi connectivity index (χ4n) is 4.97. The van der Waals surface area contributed by atoms with Crippen molar-refractivity contribution in [3.63, 3.8) is 0 Å². The van der Waals surface area contributed by atoms with E-state index in [-0.39, 0.29) is 17.8 Å². The molecule has 3 aromatic heterocycles. The average molecular weight is 508 g/mol. The van der Waals surface area contributed by atoms with Crippen LogP contribution < -0.4 is 5.32 Å². The van der Waals surface area contributed by atoms with E-state index in [1.165, 1.54) is 12.1 Å². The van der Waals surface area contributed by atoms with Crippen molar-refractivity contribution < 1.29 is 13.2 Å². The lowest BCUT2D eigenvalue weighted by atomic mass is 9.96. The van der Waals surface area contributed by atoms with Crippen molar-refractivity contribution in [2.75, 3.05) is 0 Å². The zero-order valence-electron chi connectivity index (χ0n) is 19.7. The SMILES string of the molecule is Cc1cc([C@@H]2[C@@H](c3ccccn3)NC(=S)N2Cc2cccnc2)c(C)n1-c1ccccc1C(F)(F)F. The van der Waals surface area contributed by atoms with Gasteiger partial charge in [0.25, 0.3) is 0 Å². The van der Waals surface area contributed by atoms with E-state index in [0.717, 1.165) is 28.6 Å². The van der Waals surface area contributed by atoms with E-state index < -0.39 is 11.7 Å². The first-order valence-electron chi connectivity index (χ1n) is 11.5. The first-order valence-corrected chi connectivity index (χ1v) is 11.9. The summed E-state index contributed by atoms with van der Waals surface area (Å²) < 4.78 is 43.3. The van der Waals surface area contributed by atoms with Gasteiger partial charge in [-0.2, -0.15) is 13.2 Å². The number of thiocarbonyl (C=S) groups is 1. The number of para-hydroxylation sites is 1. The molecule has 0 unspecified atom stereocenters. The number of hydrogen-bond donors (Lipinski definition) is 1. The molecule has 5 nitrogen and oxygen atoms in total. The Kier molecular flexibility index (Phi) is 6.26. The molecular formula is C27H24F3N5S. The summed E-state index contributed by atoms with van der Waals surface area (Å²) >= 11 is 5.75. The van der Waals surface area contributed by atoms with Crippen molar-refractivity contribution in [2.24, 2.45) is 0 Å². The minimum Gasteiger partial charge on any atom is -0.352 e. The molecule has 184 valence electrons. The molecule has 1 fully saturated rings. The van der Waals surface area contributed by atoms with Gasteiger partial charge in [-0.1, -0.05) is 24.3 Å². The molecule has 4 aromatic rings. The molecule has 0 amide bonds. The maximum atomic E-state index is 13.9. The van der Waals surface area contributed by atoms with Gasteiger partial charge in [0.1, 0.15) is 0 Å². The van der Waals surface area contributed by atoms with Gasteiger partial charge >= 0.3 is 6.18 Å². The molecule has 1 aliphatic heterocycles. The van der Waals surface area contributed by atoms with Crippen molar-refractivity contribution in [2.45, 2.75) is 38.7 Å². The van der Waals surface area contributed by atoms with Gasteiger partial charge in [0, 0.05) is 36.5 Å². The molecule has 1 N–H and O–H groups in total. The number of halogens is 3. The minimum absolute atomic E-state index is 0.105. The van der Waals surface area contributed by atoms with Crippen LogP contribution in [0.25, 0.3) is 5.69 Å². The maximum absolute atomic E-state index is 13.9. The molecule has 2 atom stereocenters. The van der Waals surface area contributed by atoms with Crippen LogP contribution in [-0.2, 0) is 12.7 Å². The third-order valence-corrected chi connectivity index (χ3v) is 6.87. The van der Waals surface area contributed by atoms with Gasteiger partial charge in [0.05, 0.1) is 29.0 Å². The van der Waals surface area contributed by atoms with E-state index in [1.54, 1.807) is 29.2 Å². The molecule has 36 heavy (non-hydrogen) atoms. The number of benzene rings is 1. The molecule has 0 aliphatic carbocycles. The largest absolute Gasteiger partial charge is 0.418 e. The van der Waals surface area contributed by atoms with E-state index in [1.807, 2.05) is 50.2 Å². The third-order valence-electron chi connectivity index (χ3n) is 6.51. The van der Waals surface area contributed by atoms with Gasteiger partial charge in [-0.05, 0) is 73.6 Å². The molecule has 1 aliphatic rings. The number of aromatic nitrogens is 3. The molecule has 0 radical (unpaired) electrons. The number of pyridine rings is 2. The first kappa shape index (κ1) is 24.0. The van der Waals surface area contributed by atoms with Crippen LogP contribution in [0.4, 0.5) is 13.2 Å². The quantitative estimate of drug-likeness (QED) is 0.332. The molecule has 0 spiro atoms. The Morgan fingerprint density at radius 2 is 1.78 bits per heavy atom. The highest BCUT2D eigenvalue weighted by Crippen LogP contribution is 2.43. The van der Waals surface area contributed by atoms with E-state index >= 15 is 0 Å². The lowest BCUT2D eigenvalue weighted by Gasteiger charge is -2.28. The number of rotatable bonds is 5. The Morgan fingerprint density at radius 3 is 2.47 bits per heavy atom. The molecule has 1 saturated heterocycles. The molecular weight excluding hydrogens is 483 g/mol. The number of alkyl halides is 3. The predicted molar refractivity (Wildman–Crippen MR) is 135 cm³/mol. The van der Waals surface area contributed by atoms with E-state index in [4.69, 9.17) is 12.2 Å². The highest BCUT2D eigenvalue weighted by molar-refractivity contribution is 7.80. The zero-order chi connectivity index (χ0) is 25.4. The Labute approximate surface area is 212 Å². The Hall–Kier alpha value is -3.72. The van der Waals surface area contributed by atoms with Crippen LogP contribution in [0.5, 0.6) is 0 Å². The van der Waals surface area contributed by atoms with Gasteiger partial charge in [0.15, 0.2) is 5.11 Å². The van der Waals surface area contributed by atoms with Gasteiger partial charge in [0.2, 0.25) is 0 Å². The molecule has 9 heteroatoms. The summed E-state index contributed by atoms with van der Waals surface area (Å²) in [5.74, 6) is 0. The normalized spacial score (nSPS) is 17.9. The molecule has 0 bridgehead atoms. The average Bonchev–Trinajstić information content (AvgIpc) is 3.34. The van der Waals surface area contributed by atoms with Crippen molar-refractivity contribution in [1.82, 2.24) is 24.8 Å². The second kappa shape index (κ2) is 9.39. The lowest BCUT2D eigenvalue weighted by Crippen LogP contribution is -2.29. The summed E-state index contributed by atoms with van der Waals surface area (Å²) in [7, 11) is 0. The fourth-order valence-corrected chi connectivity index (χ4v) is 5.27. The molecule has 4 heterocycles. The molecule has 5 rings (SSSR count). The standard InChI is InChI=1S/C27H24F3N5S/c1-17-14-20(18(2)35(17)23-11-4-3-9-21(23)27(28,29)30)25-24(22-10-5-6-13-32-22)33-26(36)34(25)16-19-8-7-12-31-15-19/h3-15,24-25H,16H2,1-2H3,(H,33,36)/t24-,25-/m1/s1. The summed E-state index contributed by atoms with van der Waals surface area (Å²) in [6, 6.07) is 16.6. The van der Waals surface area contributed by atoms with Crippen molar-refractivity contribution >= 4 is 17.3 Å². The van der Waals surface area contributed by atoms with Crippen LogP contribution >= 0.6 is 12.2 Å². The molecule has 0 saturated carbocycles. The first-order chi connectivity index (χ1) is 17.3. The van der Waals surface area contributed by atoms with Crippen LogP contribution in [0.1, 0.15) is 45.9 Å².